The highest BCUT2D eigenvalue weighted by molar-refractivity contribution is 5.71. The Hall–Kier alpha value is -4.40. The molecule has 40 heavy (non-hydrogen) atoms. The van der Waals surface area contributed by atoms with E-state index in [-0.39, 0.29) is 24.1 Å². The summed E-state index contributed by atoms with van der Waals surface area (Å²) in [5.74, 6) is 0.845. The highest BCUT2D eigenvalue weighted by atomic mass is 19.1. The van der Waals surface area contributed by atoms with Gasteiger partial charge in [-0.1, -0.05) is 17.3 Å². The SMILES string of the molecule is COC(=O)C[C@@H]1COc2cc(O[C@@H]3CCc4c(Oc5ccc(-c6c(C)noc6C)cc5F)ccc(F)c43)ccc21. The summed E-state index contributed by atoms with van der Waals surface area (Å²) < 4.78 is 58.1. The Kier molecular flexibility index (Phi) is 6.65. The van der Waals surface area contributed by atoms with E-state index in [4.69, 9.17) is 23.5 Å². The van der Waals surface area contributed by atoms with Crippen molar-refractivity contribution >= 4 is 5.97 Å². The zero-order chi connectivity index (χ0) is 28.0. The predicted molar refractivity (Wildman–Crippen MR) is 141 cm³/mol. The van der Waals surface area contributed by atoms with Gasteiger partial charge in [-0.05, 0) is 62.6 Å². The summed E-state index contributed by atoms with van der Waals surface area (Å²) in [6.07, 6.45) is 0.726. The number of hydrogen-bond acceptors (Lipinski definition) is 7. The van der Waals surface area contributed by atoms with Crippen LogP contribution in [0.25, 0.3) is 11.1 Å². The smallest absolute Gasteiger partial charge is 0.306 e. The average Bonchev–Trinajstić information content (AvgIpc) is 3.64. The number of hydrogen-bond donors (Lipinski definition) is 0. The number of fused-ring (bicyclic) bond motifs is 2. The average molecular weight is 548 g/mol. The normalized spacial score (nSPS) is 17.2. The van der Waals surface area contributed by atoms with E-state index < -0.39 is 17.7 Å². The van der Waals surface area contributed by atoms with Gasteiger partial charge in [0.2, 0.25) is 0 Å². The summed E-state index contributed by atoms with van der Waals surface area (Å²) in [6, 6.07) is 12.9. The number of benzene rings is 3. The molecule has 1 aliphatic carbocycles. The third-order valence-corrected chi connectivity index (χ3v) is 7.50. The number of ether oxygens (including phenoxy) is 4. The highest BCUT2D eigenvalue weighted by Gasteiger charge is 2.32. The number of halogens is 2. The summed E-state index contributed by atoms with van der Waals surface area (Å²) in [7, 11) is 1.36. The Labute approximate surface area is 229 Å². The van der Waals surface area contributed by atoms with Gasteiger partial charge in [-0.3, -0.25) is 4.79 Å². The minimum atomic E-state index is -0.551. The second-order valence-electron chi connectivity index (χ2n) is 10.0. The predicted octanol–water partition coefficient (Wildman–Crippen LogP) is 7.13. The number of aryl methyl sites for hydroxylation is 2. The molecule has 1 aliphatic heterocycles. The van der Waals surface area contributed by atoms with E-state index in [1.54, 1.807) is 38.1 Å². The van der Waals surface area contributed by atoms with Crippen LogP contribution in [0, 0.1) is 25.5 Å². The van der Waals surface area contributed by atoms with Gasteiger partial charge in [0.05, 0.1) is 25.8 Å². The van der Waals surface area contributed by atoms with E-state index in [1.165, 1.54) is 25.3 Å². The standard InChI is InChI=1S/C31H27F2NO6/c1-16-30(17(2)40-34-16)18-4-9-26(24(33)12-18)39-25-11-8-23(32)31-22(25)7-10-27(31)38-20-5-6-21-19(13-29(35)36-3)15-37-28(21)14-20/h4-6,8-9,11-12,14,19,27H,7,10,13,15H2,1-3H3/t19-,27-/m1/s1. The van der Waals surface area contributed by atoms with Crippen LogP contribution in [0.2, 0.25) is 0 Å². The minimum absolute atomic E-state index is 0.0333. The Balaban J connectivity index is 1.22. The van der Waals surface area contributed by atoms with Gasteiger partial charge in [0, 0.05) is 34.2 Å². The molecule has 206 valence electrons. The van der Waals surface area contributed by atoms with Crippen LogP contribution in [-0.2, 0) is 16.0 Å². The molecule has 0 unspecified atom stereocenters. The maximum absolute atomic E-state index is 15.1. The fourth-order valence-corrected chi connectivity index (χ4v) is 5.56. The summed E-state index contributed by atoms with van der Waals surface area (Å²) in [5, 5.41) is 3.93. The second-order valence-corrected chi connectivity index (χ2v) is 10.0. The molecular weight excluding hydrogens is 520 g/mol. The van der Waals surface area contributed by atoms with Gasteiger partial charge >= 0.3 is 5.97 Å². The van der Waals surface area contributed by atoms with E-state index in [1.807, 2.05) is 6.07 Å². The lowest BCUT2D eigenvalue weighted by Gasteiger charge is -2.17. The largest absolute Gasteiger partial charge is 0.492 e. The van der Waals surface area contributed by atoms with Gasteiger partial charge < -0.3 is 23.5 Å². The van der Waals surface area contributed by atoms with Crippen LogP contribution in [0.5, 0.6) is 23.0 Å². The van der Waals surface area contributed by atoms with Crippen molar-refractivity contribution in [1.29, 1.82) is 0 Å². The van der Waals surface area contributed by atoms with E-state index in [0.29, 0.717) is 64.8 Å². The molecule has 1 aromatic heterocycles. The molecule has 2 aliphatic rings. The van der Waals surface area contributed by atoms with Crippen molar-refractivity contribution in [3.63, 3.8) is 0 Å². The fraction of sp³-hybridized carbons (Fsp3) is 0.290. The van der Waals surface area contributed by atoms with Gasteiger partial charge in [-0.15, -0.1) is 0 Å². The molecule has 7 nitrogen and oxygen atoms in total. The molecule has 9 heteroatoms. The van der Waals surface area contributed by atoms with Crippen LogP contribution >= 0.6 is 0 Å². The van der Waals surface area contributed by atoms with Gasteiger partial charge in [0.25, 0.3) is 0 Å². The van der Waals surface area contributed by atoms with Crippen LogP contribution < -0.4 is 14.2 Å². The van der Waals surface area contributed by atoms with Gasteiger partial charge in [0.1, 0.15) is 34.9 Å². The van der Waals surface area contributed by atoms with E-state index >= 15 is 8.78 Å². The molecule has 2 heterocycles. The van der Waals surface area contributed by atoms with Gasteiger partial charge in [-0.25, -0.2) is 8.78 Å². The number of aromatic nitrogens is 1. The Bertz CT molecular complexity index is 1590. The van der Waals surface area contributed by atoms with Crippen molar-refractivity contribution in [2.45, 2.75) is 45.1 Å². The number of nitrogens with zero attached hydrogens (tertiary/aromatic N) is 1. The lowest BCUT2D eigenvalue weighted by molar-refractivity contribution is -0.141. The molecule has 0 radical (unpaired) electrons. The Morgan fingerprint density at radius 3 is 2.62 bits per heavy atom. The molecule has 0 fully saturated rings. The lowest BCUT2D eigenvalue weighted by Crippen LogP contribution is -2.09. The van der Waals surface area contributed by atoms with Crippen LogP contribution in [0.15, 0.2) is 53.1 Å². The van der Waals surface area contributed by atoms with Crippen molar-refractivity contribution in [3.8, 4) is 34.1 Å². The zero-order valence-corrected chi connectivity index (χ0v) is 22.3. The van der Waals surface area contributed by atoms with E-state index in [2.05, 4.69) is 5.16 Å². The number of methoxy groups -OCH3 is 1. The summed E-state index contributed by atoms with van der Waals surface area (Å²) in [5.41, 5.74) is 4.00. The first kappa shape index (κ1) is 25.9. The van der Waals surface area contributed by atoms with Crippen LogP contribution in [0.3, 0.4) is 0 Å². The van der Waals surface area contributed by atoms with Crippen LogP contribution in [0.1, 0.15) is 53.0 Å². The van der Waals surface area contributed by atoms with Crippen LogP contribution in [0.4, 0.5) is 8.78 Å². The number of esters is 1. The van der Waals surface area contributed by atoms with Gasteiger partial charge in [0.15, 0.2) is 11.6 Å². The van der Waals surface area contributed by atoms with Gasteiger partial charge in [-0.2, -0.15) is 0 Å². The van der Waals surface area contributed by atoms with Crippen molar-refractivity contribution in [2.24, 2.45) is 0 Å². The highest BCUT2D eigenvalue weighted by Crippen LogP contribution is 2.45. The first-order valence-electron chi connectivity index (χ1n) is 13.0. The molecule has 6 rings (SSSR count). The van der Waals surface area contributed by atoms with E-state index in [0.717, 1.165) is 11.1 Å². The monoisotopic (exact) mass is 547 g/mol. The molecule has 3 aromatic carbocycles. The molecule has 0 amide bonds. The minimum Gasteiger partial charge on any atom is -0.492 e. The fourth-order valence-electron chi connectivity index (χ4n) is 5.56. The maximum Gasteiger partial charge on any atom is 0.306 e. The summed E-state index contributed by atoms with van der Waals surface area (Å²) in [4.78, 5) is 11.7. The summed E-state index contributed by atoms with van der Waals surface area (Å²) >= 11 is 0. The number of carbonyl (C=O) groups excluding carboxylic acids is 1. The molecule has 0 saturated heterocycles. The topological polar surface area (TPSA) is 80.0 Å². The van der Waals surface area contributed by atoms with E-state index in [9.17, 15) is 4.79 Å². The third kappa shape index (κ3) is 4.65. The van der Waals surface area contributed by atoms with Crippen molar-refractivity contribution in [3.05, 3.63) is 88.3 Å². The van der Waals surface area contributed by atoms with Crippen molar-refractivity contribution < 1.29 is 37.0 Å². The molecule has 2 atom stereocenters. The summed E-state index contributed by atoms with van der Waals surface area (Å²) in [6.45, 7) is 3.95. The molecule has 0 bridgehead atoms. The second kappa shape index (κ2) is 10.3. The number of rotatable bonds is 7. The maximum atomic E-state index is 15.1. The Morgan fingerprint density at radius 1 is 1.05 bits per heavy atom. The van der Waals surface area contributed by atoms with Crippen LogP contribution in [-0.4, -0.2) is 24.8 Å². The lowest BCUT2D eigenvalue weighted by atomic mass is 9.98. The molecule has 0 N–H and O–H groups in total. The first-order chi connectivity index (χ1) is 19.3. The number of carbonyl (C=O) groups is 1. The quantitative estimate of drug-likeness (QED) is 0.228. The van der Waals surface area contributed by atoms with Crippen molar-refractivity contribution in [2.75, 3.05) is 13.7 Å². The molecule has 0 spiro atoms. The molecule has 0 saturated carbocycles. The zero-order valence-electron chi connectivity index (χ0n) is 22.3. The Morgan fingerprint density at radius 2 is 1.88 bits per heavy atom. The molecular formula is C31H27F2NO6. The molecule has 4 aromatic rings. The first-order valence-corrected chi connectivity index (χ1v) is 13.0. The third-order valence-electron chi connectivity index (χ3n) is 7.50. The van der Waals surface area contributed by atoms with Crippen molar-refractivity contribution in [1.82, 2.24) is 5.16 Å².